The van der Waals surface area contributed by atoms with Gasteiger partial charge in [0.15, 0.2) is 0 Å². The molecular weight excluding hydrogens is 1690 g/mol. The monoisotopic (exact) mass is 1790 g/mol. The molecule has 0 unspecified atom stereocenters. The summed E-state index contributed by atoms with van der Waals surface area (Å²) in [6.07, 6.45) is 0. The quantitative estimate of drug-likeness (QED) is 0.0497. The zero-order valence-corrected chi connectivity index (χ0v) is 78.0. The van der Waals surface area contributed by atoms with E-state index in [1.165, 1.54) is 33.4 Å². The standard InChI is InChI=1S/C76H62N4.C50H40N2O4S/c1-55-15-11-23-73(51-55)79(74-24-12-16-56(2)52-74)71-47-35-63(36-48-71)61-31-43-69(44-32-61)77(65-19-7-5-8-20-65)67-39-27-59(28-40-67)60-29-41-68(42-30-60)78(66-21-9-6-10-22-66)70-45-33-62(34-46-70)64-37-49-72(50-38-64)80(75-25-13-17-57(3)53-75)76-26-14-18-58(4)54-76;1-37-13-33-49(34-14-37)57(53,54)50-35-31-48(32-36-50)56-47-29-25-45(26-30-47)52(41-11-7-4-8-12-41)43-21-17-39(18-22-43)38-15-19-42(20-16-38)51(40-9-5-3-6-10-40)44-23-27-46(55-2)28-24-44/h5-54H,1-4H3;3-36H,1-2H3. The predicted molar refractivity (Wildman–Crippen MR) is 571 cm³/mol. The minimum atomic E-state index is -3.62. The van der Waals surface area contributed by atoms with Crippen molar-refractivity contribution < 1.29 is 17.9 Å². The minimum Gasteiger partial charge on any atom is -0.497 e. The first-order chi connectivity index (χ1) is 67.1. The van der Waals surface area contributed by atoms with Crippen LogP contribution in [0.2, 0.25) is 0 Å². The molecule has 20 aromatic rings. The van der Waals surface area contributed by atoms with Crippen LogP contribution in [0, 0.1) is 34.6 Å². The van der Waals surface area contributed by atoms with Crippen LogP contribution in [-0.4, -0.2) is 15.5 Å². The van der Waals surface area contributed by atoms with Crippen molar-refractivity contribution in [3.05, 3.63) is 537 Å². The summed E-state index contributed by atoms with van der Waals surface area (Å²) >= 11 is 0. The van der Waals surface area contributed by atoms with Gasteiger partial charge in [0.05, 0.1) is 16.9 Å². The molecule has 0 aliphatic carbocycles. The Labute approximate surface area is 804 Å². The molecule has 0 aliphatic heterocycles. The average Bonchev–Trinajstić information content (AvgIpc) is 0.796. The second-order valence-corrected chi connectivity index (χ2v) is 36.1. The number of ether oxygens (including phenoxy) is 2. The lowest BCUT2D eigenvalue weighted by Gasteiger charge is -2.27. The molecule has 0 saturated carbocycles. The van der Waals surface area contributed by atoms with Crippen LogP contribution in [0.25, 0.3) is 44.5 Å². The number of sulfone groups is 1. The summed E-state index contributed by atoms with van der Waals surface area (Å²) in [7, 11) is -1.95. The Hall–Kier alpha value is -17.3. The van der Waals surface area contributed by atoms with Crippen molar-refractivity contribution >= 4 is 112 Å². The highest BCUT2D eigenvalue weighted by molar-refractivity contribution is 7.91. The maximum atomic E-state index is 13.1. The van der Waals surface area contributed by atoms with Gasteiger partial charge in [0, 0.05) is 102 Å². The summed E-state index contributed by atoms with van der Waals surface area (Å²) in [5.41, 5.74) is 34.6. The number of rotatable bonds is 27. The molecule has 11 heteroatoms. The molecule has 0 N–H and O–H groups in total. The van der Waals surface area contributed by atoms with E-state index in [0.717, 1.165) is 147 Å². The smallest absolute Gasteiger partial charge is 0.206 e. The molecule has 0 atom stereocenters. The van der Waals surface area contributed by atoms with Crippen LogP contribution >= 0.6 is 0 Å². The number of benzene rings is 20. The Kier molecular flexibility index (Phi) is 26.5. The number of anilines is 18. The number of nitrogens with zero attached hydrogens (tertiary/aromatic N) is 6. The van der Waals surface area contributed by atoms with E-state index in [4.69, 9.17) is 9.47 Å². The van der Waals surface area contributed by atoms with E-state index >= 15 is 0 Å². The van der Waals surface area contributed by atoms with Crippen molar-refractivity contribution in [2.24, 2.45) is 0 Å². The highest BCUT2D eigenvalue weighted by Gasteiger charge is 2.24. The summed E-state index contributed by atoms with van der Waals surface area (Å²) in [5, 5.41) is 0. The second-order valence-electron chi connectivity index (χ2n) is 34.2. The summed E-state index contributed by atoms with van der Waals surface area (Å²) < 4.78 is 37.8. The number of aryl methyl sites for hydroxylation is 5. The Morgan fingerprint density at radius 1 is 0.161 bits per heavy atom. The van der Waals surface area contributed by atoms with E-state index < -0.39 is 9.84 Å². The van der Waals surface area contributed by atoms with Crippen LogP contribution in [0.1, 0.15) is 27.8 Å². The molecule has 0 fully saturated rings. The van der Waals surface area contributed by atoms with Gasteiger partial charge in [-0.1, -0.05) is 236 Å². The Bertz CT molecular complexity index is 7200. The van der Waals surface area contributed by atoms with Gasteiger partial charge >= 0.3 is 0 Å². The van der Waals surface area contributed by atoms with Gasteiger partial charge in [0.2, 0.25) is 9.84 Å². The van der Waals surface area contributed by atoms with Crippen molar-refractivity contribution in [3.63, 3.8) is 0 Å². The Balaban J connectivity index is 0.000000186. The number of methoxy groups -OCH3 is 1. The lowest BCUT2D eigenvalue weighted by Crippen LogP contribution is -2.10. The zero-order valence-electron chi connectivity index (χ0n) is 77.2. The Morgan fingerprint density at radius 2 is 0.328 bits per heavy atom. The molecule has 0 bridgehead atoms. The molecular formula is C126H102N6O4S. The molecule has 20 rings (SSSR count). The third kappa shape index (κ3) is 20.5. The van der Waals surface area contributed by atoms with E-state index in [1.54, 1.807) is 55.6 Å². The lowest BCUT2D eigenvalue weighted by molar-refractivity contribution is 0.415. The van der Waals surface area contributed by atoms with Crippen LogP contribution in [0.4, 0.5) is 102 Å². The van der Waals surface area contributed by atoms with E-state index in [1.807, 2.05) is 79.7 Å². The summed E-state index contributed by atoms with van der Waals surface area (Å²) in [6, 6.07) is 177. The second kappa shape index (κ2) is 40.9. The fraction of sp³-hybridized carbons (Fsp3) is 0.0476. The van der Waals surface area contributed by atoms with Crippen molar-refractivity contribution in [3.8, 4) is 61.8 Å². The fourth-order valence-corrected chi connectivity index (χ4v) is 18.8. The summed E-state index contributed by atoms with van der Waals surface area (Å²) in [5.74, 6) is 2.00. The minimum absolute atomic E-state index is 0.218. The van der Waals surface area contributed by atoms with Gasteiger partial charge in [0.1, 0.15) is 17.2 Å². The van der Waals surface area contributed by atoms with Gasteiger partial charge in [0.25, 0.3) is 0 Å². The fourth-order valence-electron chi connectivity index (χ4n) is 17.6. The molecule has 0 heterocycles. The largest absolute Gasteiger partial charge is 0.497 e. The van der Waals surface area contributed by atoms with Gasteiger partial charge in [-0.15, -0.1) is 0 Å². The molecule has 137 heavy (non-hydrogen) atoms. The molecule has 0 spiro atoms. The summed E-state index contributed by atoms with van der Waals surface area (Å²) in [6.45, 7) is 10.5. The van der Waals surface area contributed by atoms with E-state index in [2.05, 4.69) is 445 Å². The SMILES string of the molecule is COc1ccc(N(c2ccccc2)c2ccc(-c3ccc(N(c4ccccc4)c4ccc(Oc5ccc(S(=O)(=O)c6ccc(C)cc6)cc5)cc4)cc3)cc2)cc1.Cc1cccc(N(c2ccc(-c3ccc(N(c4ccccc4)c4ccc(-c5ccc(N(c6ccccc6)c6ccc(-c7ccc(N(c8cccc(C)c8)c8cccc(C)c8)cc7)cc6)cc5)cc4)cc3)cc2)c2cccc(C)c2)c1. The number of hydrogen-bond donors (Lipinski definition) is 0. The highest BCUT2D eigenvalue weighted by atomic mass is 32.2. The molecule has 0 radical (unpaired) electrons. The van der Waals surface area contributed by atoms with Gasteiger partial charge in [-0.2, -0.15) is 0 Å². The molecule has 10 nitrogen and oxygen atoms in total. The lowest BCUT2D eigenvalue weighted by atomic mass is 10.0. The van der Waals surface area contributed by atoms with Crippen LogP contribution in [0.5, 0.6) is 17.2 Å². The third-order valence-electron chi connectivity index (χ3n) is 24.6. The first-order valence-corrected chi connectivity index (χ1v) is 47.6. The number of para-hydroxylation sites is 4. The molecule has 20 aromatic carbocycles. The van der Waals surface area contributed by atoms with Gasteiger partial charge in [-0.3, -0.25) is 0 Å². The average molecular weight is 1800 g/mol. The number of hydrogen-bond acceptors (Lipinski definition) is 10. The maximum Gasteiger partial charge on any atom is 0.206 e. The van der Waals surface area contributed by atoms with Gasteiger partial charge in [-0.05, 0) is 380 Å². The molecule has 0 aliphatic rings. The van der Waals surface area contributed by atoms with Crippen molar-refractivity contribution in [1.82, 2.24) is 0 Å². The predicted octanol–water partition coefficient (Wildman–Crippen LogP) is 35.0. The first kappa shape index (κ1) is 89.0. The van der Waals surface area contributed by atoms with Crippen LogP contribution in [-0.2, 0) is 9.84 Å². The van der Waals surface area contributed by atoms with Crippen LogP contribution < -0.4 is 38.9 Å². The molecule has 0 saturated heterocycles. The van der Waals surface area contributed by atoms with Crippen molar-refractivity contribution in [2.45, 2.75) is 44.4 Å². The topological polar surface area (TPSA) is 72.0 Å². The van der Waals surface area contributed by atoms with Crippen molar-refractivity contribution in [2.75, 3.05) is 36.5 Å². The maximum absolute atomic E-state index is 13.1. The van der Waals surface area contributed by atoms with E-state index in [9.17, 15) is 8.42 Å². The van der Waals surface area contributed by atoms with E-state index in [0.29, 0.717) is 11.5 Å². The normalized spacial score (nSPS) is 11.1. The van der Waals surface area contributed by atoms with E-state index in [-0.39, 0.29) is 9.79 Å². The molecule has 0 amide bonds. The Morgan fingerprint density at radius 3 is 0.533 bits per heavy atom. The first-order valence-electron chi connectivity index (χ1n) is 46.1. The molecule has 666 valence electrons. The van der Waals surface area contributed by atoms with Crippen LogP contribution in [0.15, 0.2) is 519 Å². The van der Waals surface area contributed by atoms with Crippen molar-refractivity contribution in [1.29, 1.82) is 0 Å². The molecule has 0 aromatic heterocycles. The third-order valence-corrected chi connectivity index (χ3v) is 26.3. The summed E-state index contributed by atoms with van der Waals surface area (Å²) in [4.78, 5) is 14.2. The van der Waals surface area contributed by atoms with Crippen LogP contribution in [0.3, 0.4) is 0 Å². The zero-order chi connectivity index (χ0) is 93.6. The van der Waals surface area contributed by atoms with Gasteiger partial charge < -0.3 is 38.9 Å². The van der Waals surface area contributed by atoms with Gasteiger partial charge in [-0.25, -0.2) is 8.42 Å². The highest BCUT2D eigenvalue weighted by Crippen LogP contribution is 2.46.